The average Bonchev–Trinajstić information content (AvgIpc) is 2.48. The number of rotatable bonds is 3. The maximum atomic E-state index is 12.4. The van der Waals surface area contributed by atoms with Gasteiger partial charge in [-0.25, -0.2) is 8.42 Å². The van der Waals surface area contributed by atoms with Crippen LogP contribution >= 0.6 is 15.9 Å². The zero-order valence-corrected chi connectivity index (χ0v) is 13.9. The Kier molecular flexibility index (Phi) is 4.04. The van der Waals surface area contributed by atoms with Crippen LogP contribution in [0.2, 0.25) is 0 Å². The predicted octanol–water partition coefficient (Wildman–Crippen LogP) is 4.13. The molecule has 1 aliphatic rings. The molecule has 0 spiro atoms. The van der Waals surface area contributed by atoms with Crippen molar-refractivity contribution in [3.8, 4) is 0 Å². The van der Waals surface area contributed by atoms with Crippen molar-refractivity contribution in [1.82, 2.24) is 0 Å². The van der Waals surface area contributed by atoms with E-state index in [2.05, 4.69) is 20.7 Å². The first kappa shape index (κ1) is 14.6. The van der Waals surface area contributed by atoms with Crippen molar-refractivity contribution in [1.29, 1.82) is 0 Å². The summed E-state index contributed by atoms with van der Waals surface area (Å²) in [6, 6.07) is 12.2. The maximum absolute atomic E-state index is 12.4. The number of anilines is 1. The van der Waals surface area contributed by atoms with Crippen molar-refractivity contribution in [3.63, 3.8) is 0 Å². The van der Waals surface area contributed by atoms with Gasteiger partial charge in [0.15, 0.2) is 0 Å². The number of hydrogen-bond acceptors (Lipinski definition) is 2. The number of benzene rings is 2. The zero-order valence-electron chi connectivity index (χ0n) is 11.5. The summed E-state index contributed by atoms with van der Waals surface area (Å²) in [5.41, 5.74) is 3.16. The third-order valence-corrected chi connectivity index (χ3v) is 5.82. The molecule has 0 fully saturated rings. The molecule has 0 radical (unpaired) electrons. The van der Waals surface area contributed by atoms with Crippen LogP contribution in [0.3, 0.4) is 0 Å². The first-order valence-electron chi connectivity index (χ1n) is 6.95. The van der Waals surface area contributed by atoms with Crippen LogP contribution in [-0.2, 0) is 22.9 Å². The Bertz CT molecular complexity index is 757. The highest BCUT2D eigenvalue weighted by atomic mass is 79.9. The molecular formula is C16H16BrNO2S. The molecule has 0 amide bonds. The smallest absolute Gasteiger partial charge is 0.261 e. The lowest BCUT2D eigenvalue weighted by molar-refractivity contribution is 0.601. The van der Waals surface area contributed by atoms with Gasteiger partial charge in [0.05, 0.1) is 10.6 Å². The third kappa shape index (κ3) is 3.14. The molecule has 1 aliphatic carbocycles. The fourth-order valence-electron chi connectivity index (χ4n) is 2.69. The van der Waals surface area contributed by atoms with E-state index in [-0.39, 0.29) is 4.90 Å². The van der Waals surface area contributed by atoms with E-state index in [1.807, 2.05) is 12.1 Å². The maximum Gasteiger partial charge on any atom is 0.261 e. The van der Waals surface area contributed by atoms with E-state index in [1.54, 1.807) is 30.3 Å². The summed E-state index contributed by atoms with van der Waals surface area (Å²) >= 11 is 3.56. The molecule has 0 aromatic heterocycles. The molecule has 2 aromatic carbocycles. The number of fused-ring (bicyclic) bond motifs is 1. The lowest BCUT2D eigenvalue weighted by atomic mass is 9.91. The topological polar surface area (TPSA) is 46.2 Å². The second-order valence-corrected chi connectivity index (χ2v) is 7.76. The van der Waals surface area contributed by atoms with E-state index in [0.29, 0.717) is 5.69 Å². The van der Waals surface area contributed by atoms with E-state index in [9.17, 15) is 8.42 Å². The van der Waals surface area contributed by atoms with Crippen LogP contribution in [0.4, 0.5) is 5.69 Å². The summed E-state index contributed by atoms with van der Waals surface area (Å²) in [6.07, 6.45) is 4.42. The summed E-state index contributed by atoms with van der Waals surface area (Å²) in [4.78, 5) is 0.277. The molecule has 3 nitrogen and oxygen atoms in total. The molecule has 5 heteroatoms. The molecule has 21 heavy (non-hydrogen) atoms. The van der Waals surface area contributed by atoms with E-state index in [1.165, 1.54) is 17.5 Å². The van der Waals surface area contributed by atoms with Crippen molar-refractivity contribution < 1.29 is 8.42 Å². The minimum absolute atomic E-state index is 0.277. The van der Waals surface area contributed by atoms with Gasteiger partial charge in [0, 0.05) is 4.47 Å². The molecule has 0 atom stereocenters. The first-order valence-corrected chi connectivity index (χ1v) is 9.23. The van der Waals surface area contributed by atoms with Gasteiger partial charge in [0.2, 0.25) is 0 Å². The van der Waals surface area contributed by atoms with E-state index in [0.717, 1.165) is 23.7 Å². The van der Waals surface area contributed by atoms with Crippen molar-refractivity contribution in [2.75, 3.05) is 4.72 Å². The fraction of sp³-hybridized carbons (Fsp3) is 0.250. The van der Waals surface area contributed by atoms with Crippen LogP contribution in [0.15, 0.2) is 51.8 Å². The summed E-state index contributed by atoms with van der Waals surface area (Å²) < 4.78 is 28.4. The van der Waals surface area contributed by atoms with Gasteiger partial charge < -0.3 is 0 Å². The average molecular weight is 366 g/mol. The van der Waals surface area contributed by atoms with Crippen LogP contribution in [0, 0.1) is 0 Å². The van der Waals surface area contributed by atoms with Gasteiger partial charge in [0.25, 0.3) is 10.0 Å². The zero-order chi connectivity index (χ0) is 14.9. The van der Waals surface area contributed by atoms with Gasteiger partial charge in [-0.3, -0.25) is 4.72 Å². The lowest BCUT2D eigenvalue weighted by Gasteiger charge is -2.19. The Labute approximate surface area is 133 Å². The molecule has 0 saturated heterocycles. The molecule has 2 aromatic rings. The van der Waals surface area contributed by atoms with Gasteiger partial charge in [-0.05, 0) is 61.1 Å². The molecule has 0 saturated carbocycles. The molecule has 110 valence electrons. The standard InChI is InChI=1S/C16H16BrNO2S/c17-16-11-13(10-12-6-4-5-9-15(12)16)18-21(19,20)14-7-2-1-3-8-14/h1-3,7-8,10-11,18H,4-6,9H2. The number of aryl methyl sites for hydroxylation is 1. The van der Waals surface area contributed by atoms with Crippen LogP contribution < -0.4 is 4.72 Å². The minimum atomic E-state index is -3.53. The Morgan fingerprint density at radius 1 is 1.00 bits per heavy atom. The summed E-state index contributed by atoms with van der Waals surface area (Å²) in [5.74, 6) is 0. The number of halogens is 1. The van der Waals surface area contributed by atoms with Gasteiger partial charge >= 0.3 is 0 Å². The van der Waals surface area contributed by atoms with Crippen LogP contribution in [-0.4, -0.2) is 8.42 Å². The predicted molar refractivity (Wildman–Crippen MR) is 88.0 cm³/mol. The number of hydrogen-bond donors (Lipinski definition) is 1. The Morgan fingerprint density at radius 3 is 2.48 bits per heavy atom. The fourth-order valence-corrected chi connectivity index (χ4v) is 4.45. The second kappa shape index (κ2) is 5.81. The molecule has 0 heterocycles. The lowest BCUT2D eigenvalue weighted by Crippen LogP contribution is -2.14. The minimum Gasteiger partial charge on any atom is -0.280 e. The second-order valence-electron chi connectivity index (χ2n) is 5.22. The summed E-state index contributed by atoms with van der Waals surface area (Å²) in [6.45, 7) is 0. The van der Waals surface area contributed by atoms with E-state index >= 15 is 0 Å². The quantitative estimate of drug-likeness (QED) is 0.888. The van der Waals surface area contributed by atoms with Crippen molar-refractivity contribution >= 4 is 31.6 Å². The Hall–Kier alpha value is -1.33. The van der Waals surface area contributed by atoms with Gasteiger partial charge in [-0.1, -0.05) is 34.1 Å². The van der Waals surface area contributed by atoms with E-state index < -0.39 is 10.0 Å². The first-order chi connectivity index (χ1) is 10.1. The third-order valence-electron chi connectivity index (χ3n) is 3.72. The van der Waals surface area contributed by atoms with Crippen molar-refractivity contribution in [2.24, 2.45) is 0 Å². The largest absolute Gasteiger partial charge is 0.280 e. The highest BCUT2D eigenvalue weighted by molar-refractivity contribution is 9.10. The molecule has 0 bridgehead atoms. The monoisotopic (exact) mass is 365 g/mol. The van der Waals surface area contributed by atoms with Crippen molar-refractivity contribution in [2.45, 2.75) is 30.6 Å². The molecule has 3 rings (SSSR count). The van der Waals surface area contributed by atoms with Crippen LogP contribution in [0.5, 0.6) is 0 Å². The highest BCUT2D eigenvalue weighted by Crippen LogP contribution is 2.32. The van der Waals surface area contributed by atoms with Crippen molar-refractivity contribution in [3.05, 3.63) is 58.1 Å². The van der Waals surface area contributed by atoms with Gasteiger partial charge in [0.1, 0.15) is 0 Å². The molecule has 1 N–H and O–H groups in total. The normalized spacial score (nSPS) is 14.5. The molecular weight excluding hydrogens is 350 g/mol. The summed E-state index contributed by atoms with van der Waals surface area (Å²) in [5, 5.41) is 0. The molecule has 0 unspecified atom stereocenters. The van der Waals surface area contributed by atoms with Crippen LogP contribution in [0.25, 0.3) is 0 Å². The molecule has 0 aliphatic heterocycles. The van der Waals surface area contributed by atoms with Crippen LogP contribution in [0.1, 0.15) is 24.0 Å². The summed E-state index contributed by atoms with van der Waals surface area (Å²) in [7, 11) is -3.53. The van der Waals surface area contributed by atoms with Gasteiger partial charge in [-0.15, -0.1) is 0 Å². The highest BCUT2D eigenvalue weighted by Gasteiger charge is 2.17. The SMILES string of the molecule is O=S(=O)(Nc1cc(Br)c2c(c1)CCCC2)c1ccccc1. The Balaban J connectivity index is 1.94. The Morgan fingerprint density at radius 2 is 1.71 bits per heavy atom. The van der Waals surface area contributed by atoms with E-state index in [4.69, 9.17) is 0 Å². The number of nitrogens with one attached hydrogen (secondary N) is 1. The van der Waals surface area contributed by atoms with Gasteiger partial charge in [-0.2, -0.15) is 0 Å². The number of sulfonamides is 1.